The number of allylic oxidation sites excluding steroid dienone is 4. The van der Waals surface area contributed by atoms with E-state index in [2.05, 4.69) is 26.7 Å². The molecule has 0 saturated heterocycles. The van der Waals surface area contributed by atoms with E-state index in [4.69, 9.17) is 0 Å². The molecule has 2 heterocycles. The molecule has 1 aliphatic heterocycles. The molecule has 0 amide bonds. The second-order valence-electron chi connectivity index (χ2n) is 7.18. The Bertz CT molecular complexity index is 989. The molecule has 5 nitrogen and oxygen atoms in total. The summed E-state index contributed by atoms with van der Waals surface area (Å²) in [5.41, 5.74) is 4.85. The maximum Gasteiger partial charge on any atom is 0.223 e. The quantitative estimate of drug-likeness (QED) is 0.772. The number of nitriles is 1. The summed E-state index contributed by atoms with van der Waals surface area (Å²) >= 11 is 0. The topological polar surface area (TPSA) is 73.6 Å². The van der Waals surface area contributed by atoms with E-state index in [1.54, 1.807) is 6.20 Å². The lowest BCUT2D eigenvalue weighted by Gasteiger charge is -2.18. The van der Waals surface area contributed by atoms with Gasteiger partial charge in [0.2, 0.25) is 5.95 Å². The number of aryl methyl sites for hydroxylation is 1. The third-order valence-electron chi connectivity index (χ3n) is 5.16. The molecule has 1 saturated carbocycles. The predicted octanol–water partition coefficient (Wildman–Crippen LogP) is 4.57. The Labute approximate surface area is 165 Å². The fraction of sp³-hybridized carbons (Fsp3) is 0.261. The van der Waals surface area contributed by atoms with Crippen molar-refractivity contribution in [1.29, 1.82) is 5.26 Å². The molecule has 0 spiro atoms. The highest BCUT2D eigenvalue weighted by Gasteiger charge is 2.19. The molecule has 1 aliphatic carbocycles. The van der Waals surface area contributed by atoms with Gasteiger partial charge in [-0.05, 0) is 43.0 Å². The van der Waals surface area contributed by atoms with Crippen molar-refractivity contribution in [3.05, 3.63) is 77.3 Å². The molecule has 0 unspecified atom stereocenters. The first-order chi connectivity index (χ1) is 13.7. The third-order valence-corrected chi connectivity index (χ3v) is 5.16. The Morgan fingerprint density at radius 2 is 2.00 bits per heavy atom. The first-order valence-electron chi connectivity index (χ1n) is 9.70. The van der Waals surface area contributed by atoms with Crippen LogP contribution >= 0.6 is 0 Å². The van der Waals surface area contributed by atoms with Crippen molar-refractivity contribution in [3.63, 3.8) is 0 Å². The van der Waals surface area contributed by atoms with E-state index in [1.807, 2.05) is 55.5 Å². The van der Waals surface area contributed by atoms with Crippen LogP contribution in [0.4, 0.5) is 5.95 Å². The van der Waals surface area contributed by atoms with Gasteiger partial charge in [-0.1, -0.05) is 49.2 Å². The molecule has 28 heavy (non-hydrogen) atoms. The maximum absolute atomic E-state index is 9.91. The molecule has 0 bridgehead atoms. The molecule has 1 aromatic heterocycles. The molecular formula is C23H23N5. The molecule has 4 rings (SSSR count). The summed E-state index contributed by atoms with van der Waals surface area (Å²) in [7, 11) is 0. The van der Waals surface area contributed by atoms with E-state index in [9.17, 15) is 5.26 Å². The lowest BCUT2D eigenvalue weighted by molar-refractivity contribution is 0.743. The van der Waals surface area contributed by atoms with Crippen LogP contribution in [0.15, 0.2) is 60.5 Å². The third kappa shape index (κ3) is 3.81. The number of dihydropyridines is 1. The zero-order valence-corrected chi connectivity index (χ0v) is 15.9. The molecule has 2 N–H and O–H groups in total. The smallest absolute Gasteiger partial charge is 0.223 e. The zero-order valence-electron chi connectivity index (χ0n) is 15.9. The van der Waals surface area contributed by atoms with Crippen LogP contribution < -0.4 is 10.6 Å². The molecule has 2 aromatic rings. The average Bonchev–Trinajstić information content (AvgIpc) is 3.25. The van der Waals surface area contributed by atoms with E-state index >= 15 is 0 Å². The van der Waals surface area contributed by atoms with Gasteiger partial charge in [0, 0.05) is 17.9 Å². The van der Waals surface area contributed by atoms with Crippen LogP contribution in [0.25, 0.3) is 11.3 Å². The molecule has 0 radical (unpaired) electrons. The van der Waals surface area contributed by atoms with Gasteiger partial charge >= 0.3 is 0 Å². The van der Waals surface area contributed by atoms with Gasteiger partial charge in [-0.3, -0.25) is 0 Å². The Hall–Kier alpha value is -3.39. The highest BCUT2D eigenvalue weighted by molar-refractivity contribution is 5.84. The van der Waals surface area contributed by atoms with Crippen molar-refractivity contribution in [2.24, 2.45) is 0 Å². The number of nitrogens with zero attached hydrogens (tertiary/aromatic N) is 3. The number of hydrogen-bond acceptors (Lipinski definition) is 5. The van der Waals surface area contributed by atoms with Crippen LogP contribution in [0.1, 0.15) is 42.5 Å². The van der Waals surface area contributed by atoms with Crippen molar-refractivity contribution in [1.82, 2.24) is 15.3 Å². The monoisotopic (exact) mass is 369 g/mol. The van der Waals surface area contributed by atoms with Crippen molar-refractivity contribution >= 4 is 17.2 Å². The van der Waals surface area contributed by atoms with Gasteiger partial charge in [0.05, 0.1) is 11.4 Å². The van der Waals surface area contributed by atoms with Crippen LogP contribution in [-0.2, 0) is 0 Å². The van der Waals surface area contributed by atoms with Gasteiger partial charge < -0.3 is 10.6 Å². The van der Waals surface area contributed by atoms with Crippen LogP contribution in [0.2, 0.25) is 0 Å². The first kappa shape index (κ1) is 18.0. The molecule has 140 valence electrons. The van der Waals surface area contributed by atoms with E-state index < -0.39 is 0 Å². The van der Waals surface area contributed by atoms with E-state index in [-0.39, 0.29) is 0 Å². The summed E-state index contributed by atoms with van der Waals surface area (Å²) in [4.78, 5) is 9.11. The van der Waals surface area contributed by atoms with Crippen molar-refractivity contribution in [2.75, 3.05) is 5.32 Å². The Balaban J connectivity index is 1.66. The highest BCUT2D eigenvalue weighted by Crippen LogP contribution is 2.26. The lowest BCUT2D eigenvalue weighted by atomic mass is 10.0. The second kappa shape index (κ2) is 8.10. The Morgan fingerprint density at radius 1 is 1.21 bits per heavy atom. The predicted molar refractivity (Wildman–Crippen MR) is 112 cm³/mol. The van der Waals surface area contributed by atoms with Crippen molar-refractivity contribution < 1.29 is 0 Å². The normalized spacial score (nSPS) is 18.2. The number of anilines is 1. The Kier molecular flexibility index (Phi) is 5.20. The van der Waals surface area contributed by atoms with Gasteiger partial charge in [-0.25, -0.2) is 9.97 Å². The molecule has 5 heteroatoms. The molecule has 0 atom stereocenters. The minimum Gasteiger partial charge on any atom is -0.354 e. The number of hydrogen-bond donors (Lipinski definition) is 2. The fourth-order valence-corrected chi connectivity index (χ4v) is 3.66. The van der Waals surface area contributed by atoms with E-state index in [0.29, 0.717) is 23.3 Å². The molecule has 1 fully saturated rings. The lowest BCUT2D eigenvalue weighted by Crippen LogP contribution is -2.18. The first-order valence-corrected chi connectivity index (χ1v) is 9.70. The van der Waals surface area contributed by atoms with Gasteiger partial charge in [0.25, 0.3) is 0 Å². The summed E-state index contributed by atoms with van der Waals surface area (Å²) in [5.74, 6) is 0.597. The largest absolute Gasteiger partial charge is 0.354 e. The van der Waals surface area contributed by atoms with Crippen LogP contribution in [0.3, 0.4) is 0 Å². The van der Waals surface area contributed by atoms with Gasteiger partial charge in [0.15, 0.2) is 0 Å². The molecular weight excluding hydrogens is 346 g/mol. The standard InChI is InChI=1S/C23H23N5/c1-16-15-25-23(26-18-10-5-6-11-18)28-22(16)19(14-24)21-13-7-12-20(27-21)17-8-3-2-4-9-17/h2-4,7-9,12-13,15,18,27H,5-6,10-11H2,1H3,(H,25,26,28)/b21-19+. The number of rotatable bonds is 4. The summed E-state index contributed by atoms with van der Waals surface area (Å²) in [6, 6.07) is 12.8. The summed E-state index contributed by atoms with van der Waals surface area (Å²) < 4.78 is 0. The fourth-order valence-electron chi connectivity index (χ4n) is 3.66. The maximum atomic E-state index is 9.91. The summed E-state index contributed by atoms with van der Waals surface area (Å²) in [6.07, 6.45) is 12.4. The Morgan fingerprint density at radius 3 is 2.75 bits per heavy atom. The number of benzene rings is 1. The van der Waals surface area contributed by atoms with Crippen LogP contribution in [0.5, 0.6) is 0 Å². The van der Waals surface area contributed by atoms with Gasteiger partial charge in [-0.15, -0.1) is 0 Å². The average molecular weight is 369 g/mol. The van der Waals surface area contributed by atoms with Crippen molar-refractivity contribution in [2.45, 2.75) is 38.6 Å². The minimum absolute atomic E-state index is 0.425. The molecule has 2 aliphatic rings. The van der Waals surface area contributed by atoms with E-state index in [1.165, 1.54) is 12.8 Å². The second-order valence-corrected chi connectivity index (χ2v) is 7.18. The summed E-state index contributed by atoms with van der Waals surface area (Å²) in [6.45, 7) is 1.94. The highest BCUT2D eigenvalue weighted by atomic mass is 15.1. The zero-order chi connectivity index (χ0) is 19.3. The van der Waals surface area contributed by atoms with Gasteiger partial charge in [0.1, 0.15) is 11.6 Å². The number of nitrogens with one attached hydrogen (secondary N) is 2. The van der Waals surface area contributed by atoms with Crippen molar-refractivity contribution in [3.8, 4) is 6.07 Å². The van der Waals surface area contributed by atoms with Crippen LogP contribution in [-0.4, -0.2) is 16.0 Å². The minimum atomic E-state index is 0.425. The summed E-state index contributed by atoms with van der Waals surface area (Å²) in [5, 5.41) is 16.7. The van der Waals surface area contributed by atoms with E-state index in [0.717, 1.165) is 35.4 Å². The molecule has 1 aromatic carbocycles. The SMILES string of the molecule is Cc1cnc(NC2CCCC2)nc1/C(C#N)=C1\C=CC=C(c2ccccc2)N1. The van der Waals surface area contributed by atoms with Crippen LogP contribution in [0, 0.1) is 18.3 Å². The number of aromatic nitrogens is 2. The van der Waals surface area contributed by atoms with Gasteiger partial charge in [-0.2, -0.15) is 5.26 Å².